The van der Waals surface area contributed by atoms with Gasteiger partial charge in [-0.1, -0.05) is 18.2 Å². The van der Waals surface area contributed by atoms with Crippen LogP contribution in [0.2, 0.25) is 0 Å². The van der Waals surface area contributed by atoms with Gasteiger partial charge < -0.3 is 15.2 Å². The summed E-state index contributed by atoms with van der Waals surface area (Å²) in [5, 5.41) is 11.7. The highest BCUT2D eigenvalue weighted by molar-refractivity contribution is 5.97. The topological polar surface area (TPSA) is 93.4 Å². The largest absolute Gasteiger partial charge is 0.481 e. The minimum absolute atomic E-state index is 0.0787. The van der Waals surface area contributed by atoms with E-state index < -0.39 is 12.6 Å². The maximum absolute atomic E-state index is 12.2. The summed E-state index contributed by atoms with van der Waals surface area (Å²) in [6.45, 7) is 0.215. The number of hydrogen-bond donors (Lipinski definition) is 2. The lowest BCUT2D eigenvalue weighted by Gasteiger charge is -2.18. The lowest BCUT2D eigenvalue weighted by Crippen LogP contribution is -2.31. The van der Waals surface area contributed by atoms with E-state index in [4.69, 9.17) is 9.84 Å². The number of nitrogens with zero attached hydrogens (tertiary/aromatic N) is 2. The number of hydrogen-bond acceptors (Lipinski definition) is 4. The lowest BCUT2D eigenvalue weighted by molar-refractivity contribution is -0.139. The van der Waals surface area contributed by atoms with Gasteiger partial charge in [-0.2, -0.15) is 0 Å². The van der Waals surface area contributed by atoms with Gasteiger partial charge in [0, 0.05) is 30.2 Å². The third-order valence-corrected chi connectivity index (χ3v) is 4.42. The quantitative estimate of drug-likeness (QED) is 0.725. The standard InChI is InChI=1S/C20H17N3O4/c24-18(25)12-27-17-4-2-1-3-15(17)19-21-9-10-23(19)14-6-5-13-7-8-22-20(26)16(13)11-14/h1-6,9-11H,7-8,12H2,(H,22,26)(H,24,25). The molecule has 3 aromatic rings. The zero-order chi connectivity index (χ0) is 18.8. The SMILES string of the molecule is O=C(O)COc1ccccc1-c1nccn1-c1ccc2c(c1)C(=O)NCC2. The smallest absolute Gasteiger partial charge is 0.341 e. The molecular weight excluding hydrogens is 346 g/mol. The van der Waals surface area contributed by atoms with Crippen molar-refractivity contribution in [3.05, 3.63) is 66.0 Å². The van der Waals surface area contributed by atoms with Gasteiger partial charge in [0.15, 0.2) is 6.61 Å². The predicted molar refractivity (Wildman–Crippen MR) is 98.2 cm³/mol. The number of carbonyl (C=O) groups is 2. The molecule has 2 N–H and O–H groups in total. The fourth-order valence-electron chi connectivity index (χ4n) is 3.18. The first-order chi connectivity index (χ1) is 13.1. The number of para-hydroxylation sites is 1. The van der Waals surface area contributed by atoms with Crippen LogP contribution in [0.5, 0.6) is 5.75 Å². The van der Waals surface area contributed by atoms with Gasteiger partial charge in [-0.15, -0.1) is 0 Å². The molecule has 7 nitrogen and oxygen atoms in total. The number of carboxylic acid groups (broad SMARTS) is 1. The van der Waals surface area contributed by atoms with Gasteiger partial charge in [0.2, 0.25) is 0 Å². The Morgan fingerprint density at radius 1 is 1.22 bits per heavy atom. The highest BCUT2D eigenvalue weighted by atomic mass is 16.5. The summed E-state index contributed by atoms with van der Waals surface area (Å²) < 4.78 is 7.26. The number of imidazole rings is 1. The van der Waals surface area contributed by atoms with E-state index in [9.17, 15) is 9.59 Å². The maximum atomic E-state index is 12.2. The third-order valence-electron chi connectivity index (χ3n) is 4.42. The van der Waals surface area contributed by atoms with E-state index in [0.29, 0.717) is 29.2 Å². The molecule has 136 valence electrons. The van der Waals surface area contributed by atoms with Gasteiger partial charge in [0.1, 0.15) is 11.6 Å². The average molecular weight is 363 g/mol. The van der Waals surface area contributed by atoms with Crippen LogP contribution in [0.25, 0.3) is 17.1 Å². The molecule has 27 heavy (non-hydrogen) atoms. The minimum Gasteiger partial charge on any atom is -0.481 e. The molecule has 7 heteroatoms. The molecule has 0 saturated carbocycles. The van der Waals surface area contributed by atoms with Crippen LogP contribution in [0, 0.1) is 0 Å². The maximum Gasteiger partial charge on any atom is 0.341 e. The van der Waals surface area contributed by atoms with Gasteiger partial charge in [0.05, 0.1) is 5.56 Å². The molecule has 0 aliphatic carbocycles. The van der Waals surface area contributed by atoms with Crippen LogP contribution < -0.4 is 10.1 Å². The summed E-state index contributed by atoms with van der Waals surface area (Å²) in [5.74, 6) is -0.0889. The Balaban J connectivity index is 1.76. The highest BCUT2D eigenvalue weighted by Crippen LogP contribution is 2.31. The van der Waals surface area contributed by atoms with Gasteiger partial charge in [0.25, 0.3) is 5.91 Å². The van der Waals surface area contributed by atoms with Crippen molar-refractivity contribution in [1.82, 2.24) is 14.9 Å². The first-order valence-corrected chi connectivity index (χ1v) is 8.52. The molecule has 1 amide bonds. The van der Waals surface area contributed by atoms with Crippen molar-refractivity contribution in [2.75, 3.05) is 13.2 Å². The summed E-state index contributed by atoms with van der Waals surface area (Å²) in [4.78, 5) is 27.4. The number of benzene rings is 2. The molecule has 0 bridgehead atoms. The van der Waals surface area contributed by atoms with Crippen LogP contribution in [0.1, 0.15) is 15.9 Å². The number of rotatable bonds is 5. The highest BCUT2D eigenvalue weighted by Gasteiger charge is 2.19. The van der Waals surface area contributed by atoms with Crippen LogP contribution in [0.4, 0.5) is 0 Å². The molecule has 1 aromatic heterocycles. The molecule has 0 atom stereocenters. The Kier molecular flexibility index (Phi) is 4.33. The van der Waals surface area contributed by atoms with Gasteiger partial charge >= 0.3 is 5.97 Å². The number of nitrogens with one attached hydrogen (secondary N) is 1. The fraction of sp³-hybridized carbons (Fsp3) is 0.150. The normalized spacial score (nSPS) is 13.0. The molecule has 1 aliphatic rings. The molecule has 2 heterocycles. The monoisotopic (exact) mass is 363 g/mol. The second-order valence-corrected chi connectivity index (χ2v) is 6.15. The number of carbonyl (C=O) groups excluding carboxylic acids is 1. The first-order valence-electron chi connectivity index (χ1n) is 8.52. The zero-order valence-electron chi connectivity index (χ0n) is 14.4. The molecule has 0 spiro atoms. The Bertz CT molecular complexity index is 1030. The molecule has 0 fully saturated rings. The van der Waals surface area contributed by atoms with Gasteiger partial charge in [-0.05, 0) is 36.2 Å². The van der Waals surface area contributed by atoms with Crippen LogP contribution in [-0.4, -0.2) is 39.7 Å². The van der Waals surface area contributed by atoms with Crippen LogP contribution in [0.15, 0.2) is 54.9 Å². The van der Waals surface area contributed by atoms with Crippen molar-refractivity contribution in [3.8, 4) is 22.8 Å². The summed E-state index contributed by atoms with van der Waals surface area (Å²) in [6, 6.07) is 12.9. The fourth-order valence-corrected chi connectivity index (χ4v) is 3.18. The predicted octanol–water partition coefficient (Wildman–Crippen LogP) is 2.29. The van der Waals surface area contributed by atoms with E-state index in [2.05, 4.69) is 10.3 Å². The van der Waals surface area contributed by atoms with Crippen LogP contribution in [0.3, 0.4) is 0 Å². The summed E-state index contributed by atoms with van der Waals surface area (Å²) >= 11 is 0. The van der Waals surface area contributed by atoms with E-state index >= 15 is 0 Å². The number of aliphatic carboxylic acids is 1. The van der Waals surface area contributed by atoms with Gasteiger partial charge in [-0.25, -0.2) is 9.78 Å². The Hall–Kier alpha value is -3.61. The Morgan fingerprint density at radius 3 is 2.93 bits per heavy atom. The molecule has 1 aliphatic heterocycles. The lowest BCUT2D eigenvalue weighted by atomic mass is 9.99. The molecule has 0 unspecified atom stereocenters. The molecule has 4 rings (SSSR count). The second kappa shape index (κ2) is 6.95. The van der Waals surface area contributed by atoms with Crippen LogP contribution >= 0.6 is 0 Å². The first kappa shape index (κ1) is 16.8. The van der Waals surface area contributed by atoms with E-state index in [0.717, 1.165) is 17.7 Å². The second-order valence-electron chi connectivity index (χ2n) is 6.15. The summed E-state index contributed by atoms with van der Waals surface area (Å²) in [6.07, 6.45) is 4.26. The van der Waals surface area contributed by atoms with Crippen molar-refractivity contribution in [1.29, 1.82) is 0 Å². The minimum atomic E-state index is -1.05. The number of fused-ring (bicyclic) bond motifs is 1. The Labute approximate surface area is 155 Å². The van der Waals surface area contributed by atoms with E-state index in [1.54, 1.807) is 24.5 Å². The molecule has 2 aromatic carbocycles. The number of aromatic nitrogens is 2. The van der Waals surface area contributed by atoms with Crippen molar-refractivity contribution >= 4 is 11.9 Å². The molecule has 0 radical (unpaired) electrons. The number of ether oxygens (including phenoxy) is 1. The zero-order valence-corrected chi connectivity index (χ0v) is 14.4. The summed E-state index contributed by atoms with van der Waals surface area (Å²) in [5.41, 5.74) is 3.15. The van der Waals surface area contributed by atoms with E-state index in [1.165, 1.54) is 0 Å². The summed E-state index contributed by atoms with van der Waals surface area (Å²) in [7, 11) is 0. The van der Waals surface area contributed by atoms with Crippen molar-refractivity contribution < 1.29 is 19.4 Å². The Morgan fingerprint density at radius 2 is 2.07 bits per heavy atom. The van der Waals surface area contributed by atoms with E-state index in [-0.39, 0.29) is 5.91 Å². The third kappa shape index (κ3) is 3.27. The molecule has 0 saturated heterocycles. The molecular formula is C20H17N3O4. The van der Waals surface area contributed by atoms with Crippen molar-refractivity contribution in [3.63, 3.8) is 0 Å². The number of amides is 1. The van der Waals surface area contributed by atoms with Crippen molar-refractivity contribution in [2.24, 2.45) is 0 Å². The van der Waals surface area contributed by atoms with E-state index in [1.807, 2.05) is 34.9 Å². The van der Waals surface area contributed by atoms with Crippen molar-refractivity contribution in [2.45, 2.75) is 6.42 Å². The van der Waals surface area contributed by atoms with Crippen LogP contribution in [-0.2, 0) is 11.2 Å². The number of carboxylic acids is 1. The average Bonchev–Trinajstić information content (AvgIpc) is 3.16. The van der Waals surface area contributed by atoms with Gasteiger partial charge in [-0.3, -0.25) is 9.36 Å².